The Morgan fingerprint density at radius 3 is 2.70 bits per heavy atom. The first-order valence-electron chi connectivity index (χ1n) is 6.05. The molecule has 0 saturated heterocycles. The summed E-state index contributed by atoms with van der Waals surface area (Å²) in [5, 5.41) is 1.07. The van der Waals surface area contributed by atoms with Gasteiger partial charge in [0.15, 0.2) is 0 Å². The fourth-order valence-corrected chi connectivity index (χ4v) is 2.33. The smallest absolute Gasteiger partial charge is 0.200 e. The molecule has 0 bridgehead atoms. The SMILES string of the molecule is COc1ccc(Cl)cc1-c1coc2ccccc2c1=O. The number of hydrogen-bond acceptors (Lipinski definition) is 3. The molecule has 0 fully saturated rings. The van der Waals surface area contributed by atoms with Crippen molar-refractivity contribution in [2.75, 3.05) is 7.11 Å². The number of methoxy groups -OCH3 is 1. The maximum Gasteiger partial charge on any atom is 0.200 e. The Bertz CT molecular complexity index is 836. The molecule has 1 aromatic heterocycles. The van der Waals surface area contributed by atoms with Crippen LogP contribution in [0.2, 0.25) is 5.02 Å². The van der Waals surface area contributed by atoms with Crippen molar-refractivity contribution in [2.24, 2.45) is 0 Å². The van der Waals surface area contributed by atoms with Crippen LogP contribution in [-0.2, 0) is 0 Å². The van der Waals surface area contributed by atoms with Gasteiger partial charge in [-0.3, -0.25) is 4.79 Å². The zero-order chi connectivity index (χ0) is 14.1. The summed E-state index contributed by atoms with van der Waals surface area (Å²) < 4.78 is 10.8. The normalized spacial score (nSPS) is 10.7. The molecular formula is C16H11ClO3. The van der Waals surface area contributed by atoms with Crippen molar-refractivity contribution in [2.45, 2.75) is 0 Å². The maximum absolute atomic E-state index is 12.5. The zero-order valence-electron chi connectivity index (χ0n) is 10.7. The highest BCUT2D eigenvalue weighted by atomic mass is 35.5. The lowest BCUT2D eigenvalue weighted by atomic mass is 10.0. The van der Waals surface area contributed by atoms with E-state index < -0.39 is 0 Å². The highest BCUT2D eigenvalue weighted by molar-refractivity contribution is 6.31. The second kappa shape index (κ2) is 5.02. The highest BCUT2D eigenvalue weighted by Gasteiger charge is 2.13. The van der Waals surface area contributed by atoms with Gasteiger partial charge in [0, 0.05) is 10.6 Å². The van der Waals surface area contributed by atoms with Gasteiger partial charge in [-0.25, -0.2) is 0 Å². The first-order valence-corrected chi connectivity index (χ1v) is 6.43. The molecule has 0 aliphatic rings. The Morgan fingerprint density at radius 2 is 1.90 bits per heavy atom. The molecule has 3 nitrogen and oxygen atoms in total. The van der Waals surface area contributed by atoms with E-state index in [1.807, 2.05) is 6.07 Å². The number of halogens is 1. The lowest BCUT2D eigenvalue weighted by Gasteiger charge is -2.08. The maximum atomic E-state index is 12.5. The molecule has 0 unspecified atom stereocenters. The number of rotatable bonds is 2. The van der Waals surface area contributed by atoms with Gasteiger partial charge in [-0.05, 0) is 30.3 Å². The average molecular weight is 287 g/mol. The Balaban J connectivity index is 2.33. The second-order valence-corrected chi connectivity index (χ2v) is 4.76. The Morgan fingerprint density at radius 1 is 1.10 bits per heavy atom. The van der Waals surface area contributed by atoms with Crippen LogP contribution in [0.15, 0.2) is 57.9 Å². The lowest BCUT2D eigenvalue weighted by Crippen LogP contribution is -2.05. The van der Waals surface area contributed by atoms with E-state index in [9.17, 15) is 4.79 Å². The summed E-state index contributed by atoms with van der Waals surface area (Å²) in [6.07, 6.45) is 1.44. The molecule has 0 spiro atoms. The van der Waals surface area contributed by atoms with Gasteiger partial charge in [-0.1, -0.05) is 23.7 Å². The van der Waals surface area contributed by atoms with Gasteiger partial charge in [0.1, 0.15) is 17.6 Å². The number of para-hydroxylation sites is 1. The molecule has 0 saturated carbocycles. The zero-order valence-corrected chi connectivity index (χ0v) is 11.5. The van der Waals surface area contributed by atoms with Crippen molar-refractivity contribution < 1.29 is 9.15 Å². The minimum Gasteiger partial charge on any atom is -0.496 e. The first-order chi connectivity index (χ1) is 9.70. The van der Waals surface area contributed by atoms with Crippen molar-refractivity contribution in [3.8, 4) is 16.9 Å². The molecule has 3 aromatic rings. The van der Waals surface area contributed by atoms with E-state index in [1.54, 1.807) is 43.5 Å². The number of ether oxygens (including phenoxy) is 1. The van der Waals surface area contributed by atoms with Crippen LogP contribution in [-0.4, -0.2) is 7.11 Å². The van der Waals surface area contributed by atoms with Crippen molar-refractivity contribution >= 4 is 22.6 Å². The van der Waals surface area contributed by atoms with Crippen LogP contribution in [0.25, 0.3) is 22.1 Å². The summed E-state index contributed by atoms with van der Waals surface area (Å²) in [7, 11) is 1.55. The quantitative estimate of drug-likeness (QED) is 0.711. The van der Waals surface area contributed by atoms with E-state index in [2.05, 4.69) is 0 Å². The minimum atomic E-state index is -0.104. The Kier molecular flexibility index (Phi) is 3.20. The molecule has 20 heavy (non-hydrogen) atoms. The molecule has 4 heteroatoms. The van der Waals surface area contributed by atoms with Crippen LogP contribution in [0.1, 0.15) is 0 Å². The molecule has 0 amide bonds. The Labute approximate surface area is 120 Å². The molecule has 0 aliphatic carbocycles. The number of hydrogen-bond donors (Lipinski definition) is 0. The lowest BCUT2D eigenvalue weighted by molar-refractivity contribution is 0.416. The monoisotopic (exact) mass is 286 g/mol. The van der Waals surface area contributed by atoms with E-state index in [0.717, 1.165) is 0 Å². The van der Waals surface area contributed by atoms with Gasteiger partial charge in [-0.15, -0.1) is 0 Å². The van der Waals surface area contributed by atoms with E-state index in [1.165, 1.54) is 6.26 Å². The van der Waals surface area contributed by atoms with Crippen molar-refractivity contribution in [3.05, 3.63) is 64.0 Å². The van der Waals surface area contributed by atoms with Crippen LogP contribution < -0.4 is 10.2 Å². The Hall–Kier alpha value is -2.26. The summed E-state index contributed by atoms with van der Waals surface area (Å²) in [6.45, 7) is 0. The van der Waals surface area contributed by atoms with Crippen LogP contribution in [0.3, 0.4) is 0 Å². The van der Waals surface area contributed by atoms with E-state index in [0.29, 0.717) is 32.9 Å². The molecule has 0 aliphatic heterocycles. The molecular weight excluding hydrogens is 276 g/mol. The van der Waals surface area contributed by atoms with Gasteiger partial charge in [0.05, 0.1) is 18.1 Å². The third kappa shape index (κ3) is 2.06. The predicted molar refractivity (Wildman–Crippen MR) is 79.5 cm³/mol. The molecule has 0 radical (unpaired) electrons. The summed E-state index contributed by atoms with van der Waals surface area (Å²) in [5.41, 5.74) is 1.51. The van der Waals surface area contributed by atoms with Crippen LogP contribution in [0.4, 0.5) is 0 Å². The highest BCUT2D eigenvalue weighted by Crippen LogP contribution is 2.31. The molecule has 2 aromatic carbocycles. The topological polar surface area (TPSA) is 39.4 Å². The van der Waals surface area contributed by atoms with Crippen molar-refractivity contribution in [1.82, 2.24) is 0 Å². The summed E-state index contributed by atoms with van der Waals surface area (Å²) in [6, 6.07) is 12.3. The van der Waals surface area contributed by atoms with Crippen LogP contribution >= 0.6 is 11.6 Å². The predicted octanol–water partition coefficient (Wildman–Crippen LogP) is 4.12. The van der Waals surface area contributed by atoms with Gasteiger partial charge in [-0.2, -0.15) is 0 Å². The van der Waals surface area contributed by atoms with Crippen molar-refractivity contribution in [1.29, 1.82) is 0 Å². The first kappa shape index (κ1) is 12.8. The van der Waals surface area contributed by atoms with E-state index in [4.69, 9.17) is 20.8 Å². The fraction of sp³-hybridized carbons (Fsp3) is 0.0625. The molecule has 100 valence electrons. The van der Waals surface area contributed by atoms with Crippen molar-refractivity contribution in [3.63, 3.8) is 0 Å². The summed E-state index contributed by atoms with van der Waals surface area (Å²) in [4.78, 5) is 12.5. The van der Waals surface area contributed by atoms with Crippen LogP contribution in [0, 0.1) is 0 Å². The van der Waals surface area contributed by atoms with Gasteiger partial charge in [0.2, 0.25) is 5.43 Å². The van der Waals surface area contributed by atoms with Gasteiger partial charge >= 0.3 is 0 Å². The molecule has 3 rings (SSSR count). The second-order valence-electron chi connectivity index (χ2n) is 4.32. The summed E-state index contributed by atoms with van der Waals surface area (Å²) >= 11 is 6.01. The minimum absolute atomic E-state index is 0.104. The summed E-state index contributed by atoms with van der Waals surface area (Å²) in [5.74, 6) is 0.581. The van der Waals surface area contributed by atoms with E-state index >= 15 is 0 Å². The fourth-order valence-electron chi connectivity index (χ4n) is 2.15. The molecule has 0 N–H and O–H groups in total. The average Bonchev–Trinajstić information content (AvgIpc) is 2.48. The standard InChI is InChI=1S/C16H11ClO3/c1-19-14-7-6-10(17)8-12(14)13-9-20-15-5-3-2-4-11(15)16(13)18/h2-9H,1H3. The molecule has 0 atom stereocenters. The largest absolute Gasteiger partial charge is 0.496 e. The number of benzene rings is 2. The molecule has 1 heterocycles. The van der Waals surface area contributed by atoms with Gasteiger partial charge < -0.3 is 9.15 Å². The van der Waals surface area contributed by atoms with Gasteiger partial charge in [0.25, 0.3) is 0 Å². The third-order valence-electron chi connectivity index (χ3n) is 3.13. The third-order valence-corrected chi connectivity index (χ3v) is 3.37. The van der Waals surface area contributed by atoms with Crippen LogP contribution in [0.5, 0.6) is 5.75 Å². The van der Waals surface area contributed by atoms with E-state index in [-0.39, 0.29) is 5.43 Å². The number of fused-ring (bicyclic) bond motifs is 1.